The summed E-state index contributed by atoms with van der Waals surface area (Å²) in [6.45, 7) is 4.37. The summed E-state index contributed by atoms with van der Waals surface area (Å²) in [4.78, 5) is 33.7. The van der Waals surface area contributed by atoms with Crippen LogP contribution in [0.5, 0.6) is 0 Å². The minimum absolute atomic E-state index is 0. The smallest absolute Gasteiger partial charge is 0.409 e. The predicted octanol–water partition coefficient (Wildman–Crippen LogP) is 3.16. The van der Waals surface area contributed by atoms with Crippen molar-refractivity contribution in [3.8, 4) is 0 Å². The fourth-order valence-corrected chi connectivity index (χ4v) is 7.09. The maximum Gasteiger partial charge on any atom is 0.409 e. The number of nitrogens with zero attached hydrogens (tertiary/aromatic N) is 4. The average molecular weight is 632 g/mol. The van der Waals surface area contributed by atoms with Gasteiger partial charge in [-0.2, -0.15) is 4.31 Å². The first kappa shape index (κ1) is 30.8. The number of aromatic nitrogens is 1. The fraction of sp³-hybridized carbons (Fsp3) is 0.414. The van der Waals surface area contributed by atoms with Crippen molar-refractivity contribution in [2.75, 3.05) is 52.9 Å². The Hall–Kier alpha value is -3.65. The maximum atomic E-state index is 13.3. The summed E-state index contributed by atoms with van der Waals surface area (Å²) < 4.78 is 45.1. The number of carbonyl (C=O) groups is 2. The number of piperazine rings is 1. The van der Waals surface area contributed by atoms with Gasteiger partial charge in [-0.25, -0.2) is 18.2 Å². The summed E-state index contributed by atoms with van der Waals surface area (Å²) in [6.07, 6.45) is 0.229. The number of oxazole rings is 1. The summed E-state index contributed by atoms with van der Waals surface area (Å²) in [5.74, 6) is 0.320. The molecular weight excluding hydrogens is 598 g/mol. The highest BCUT2D eigenvalue weighted by Crippen LogP contribution is 2.42. The van der Waals surface area contributed by atoms with Gasteiger partial charge in [0, 0.05) is 44.2 Å². The van der Waals surface area contributed by atoms with Gasteiger partial charge in [-0.05, 0) is 63.3 Å². The number of amides is 2. The molecule has 2 unspecified atom stereocenters. The van der Waals surface area contributed by atoms with Gasteiger partial charge in [0.25, 0.3) is 5.91 Å². The van der Waals surface area contributed by atoms with Gasteiger partial charge in [0.2, 0.25) is 21.8 Å². The van der Waals surface area contributed by atoms with Crippen LogP contribution in [0, 0.1) is 5.92 Å². The van der Waals surface area contributed by atoms with E-state index in [-0.39, 0.29) is 67.7 Å². The molecule has 0 bridgehead atoms. The molecule has 12 nitrogen and oxygen atoms in total. The van der Waals surface area contributed by atoms with E-state index in [9.17, 15) is 18.0 Å². The first-order chi connectivity index (χ1) is 20.2. The Balaban J connectivity index is 0.00000368. The third-order valence-electron chi connectivity index (χ3n) is 7.92. The Morgan fingerprint density at radius 1 is 1.05 bits per heavy atom. The molecule has 2 amide bonds. The molecule has 1 aromatic heterocycles. The molecule has 43 heavy (non-hydrogen) atoms. The Labute approximate surface area is 256 Å². The number of nitrogens with one attached hydrogen (secondary N) is 1. The van der Waals surface area contributed by atoms with E-state index in [0.29, 0.717) is 23.9 Å². The molecule has 0 saturated carbocycles. The van der Waals surface area contributed by atoms with Gasteiger partial charge in [-0.3, -0.25) is 10.1 Å². The Morgan fingerprint density at radius 2 is 1.77 bits per heavy atom. The molecule has 3 aliphatic heterocycles. The van der Waals surface area contributed by atoms with Crippen LogP contribution in [-0.4, -0.2) is 98.5 Å². The number of likely N-dealkylation sites (tertiary alicyclic amines) is 1. The van der Waals surface area contributed by atoms with Gasteiger partial charge in [-0.15, -0.1) is 12.4 Å². The summed E-state index contributed by atoms with van der Waals surface area (Å²) in [6, 6.07) is 13.3. The molecule has 14 heteroatoms. The molecule has 0 radical (unpaired) electrons. The molecular formula is C29H34ClN5O7S. The molecule has 2 atom stereocenters. The minimum Gasteiger partial charge on any atom is -0.473 e. The zero-order valence-electron chi connectivity index (χ0n) is 23.9. The third-order valence-corrected chi connectivity index (χ3v) is 9.83. The van der Waals surface area contributed by atoms with Crippen molar-refractivity contribution < 1.29 is 31.9 Å². The number of hydrogen-bond acceptors (Lipinski definition) is 9. The number of halogens is 1. The van der Waals surface area contributed by atoms with Crippen LogP contribution in [0.4, 0.5) is 4.79 Å². The zero-order chi connectivity index (χ0) is 29.4. The Kier molecular flexibility index (Phi) is 8.97. The second-order valence-corrected chi connectivity index (χ2v) is 12.5. The predicted molar refractivity (Wildman–Crippen MR) is 160 cm³/mol. The molecule has 1 N–H and O–H groups in total. The zero-order valence-corrected chi connectivity index (χ0v) is 25.5. The molecule has 2 fully saturated rings. The Morgan fingerprint density at radius 3 is 2.47 bits per heavy atom. The van der Waals surface area contributed by atoms with E-state index in [2.05, 4.69) is 15.2 Å². The number of piperidine rings is 1. The van der Waals surface area contributed by atoms with Crippen molar-refractivity contribution in [2.45, 2.75) is 24.3 Å². The highest BCUT2D eigenvalue weighted by molar-refractivity contribution is 7.89. The summed E-state index contributed by atoms with van der Waals surface area (Å²) in [7, 11) is -1.77. The number of rotatable bonds is 6. The maximum absolute atomic E-state index is 13.3. The molecule has 4 heterocycles. The molecule has 0 spiro atoms. The van der Waals surface area contributed by atoms with Crippen LogP contribution in [0.3, 0.4) is 0 Å². The molecule has 230 valence electrons. The first-order valence-electron chi connectivity index (χ1n) is 14.0. The number of ether oxygens (including phenoxy) is 2. The second kappa shape index (κ2) is 12.5. The standard InChI is InChI=1S/C29H33N5O7S.ClH/c1-3-39-29(36)33-14-16-34(17-15-33)42(37,38)20-10-8-19(9-11-20)26(35)31-28-25(21-12-13-32(2)18-24(21)41-28)27-30-22-6-4-5-7-23(22)40-27;/h4-11,21,24H,3,12-18H2,1-2H3,(H,31,35);1H. The quantitative estimate of drug-likeness (QED) is 0.435. The molecule has 6 rings (SSSR count). The van der Waals surface area contributed by atoms with E-state index < -0.39 is 22.0 Å². The van der Waals surface area contributed by atoms with Crippen LogP contribution in [0.2, 0.25) is 0 Å². The number of benzene rings is 2. The van der Waals surface area contributed by atoms with E-state index in [1.807, 2.05) is 31.3 Å². The molecule has 3 aromatic rings. The normalized spacial score (nSPS) is 21.2. The largest absolute Gasteiger partial charge is 0.473 e. The molecule has 3 aliphatic rings. The van der Waals surface area contributed by atoms with Crippen LogP contribution in [-0.2, 0) is 19.5 Å². The van der Waals surface area contributed by atoms with Crippen LogP contribution in [0.15, 0.2) is 63.7 Å². The lowest BCUT2D eigenvalue weighted by Gasteiger charge is -2.33. The highest BCUT2D eigenvalue weighted by atomic mass is 35.5. The van der Waals surface area contributed by atoms with E-state index in [0.717, 1.165) is 24.1 Å². The Bertz CT molecular complexity index is 1600. The van der Waals surface area contributed by atoms with Gasteiger partial charge in [-0.1, -0.05) is 12.1 Å². The summed E-state index contributed by atoms with van der Waals surface area (Å²) in [5.41, 5.74) is 2.39. The number of sulfonamides is 1. The van der Waals surface area contributed by atoms with E-state index in [1.54, 1.807) is 6.92 Å². The van der Waals surface area contributed by atoms with Crippen LogP contribution >= 0.6 is 12.4 Å². The number of para-hydroxylation sites is 2. The number of fused-ring (bicyclic) bond motifs is 2. The number of likely N-dealkylation sites (N-methyl/N-ethyl adjacent to an activating group) is 1. The lowest BCUT2D eigenvalue weighted by molar-refractivity contribution is 0.0403. The number of hydrogen-bond donors (Lipinski definition) is 1. The first-order valence-corrected chi connectivity index (χ1v) is 15.5. The van der Waals surface area contributed by atoms with Gasteiger partial charge in [0.05, 0.1) is 17.1 Å². The van der Waals surface area contributed by atoms with Crippen molar-refractivity contribution >= 4 is 51.1 Å². The van der Waals surface area contributed by atoms with Crippen molar-refractivity contribution in [1.82, 2.24) is 24.4 Å². The van der Waals surface area contributed by atoms with E-state index in [1.165, 1.54) is 33.5 Å². The topological polar surface area (TPSA) is 135 Å². The van der Waals surface area contributed by atoms with Crippen LogP contribution < -0.4 is 5.32 Å². The van der Waals surface area contributed by atoms with Gasteiger partial charge >= 0.3 is 6.09 Å². The highest BCUT2D eigenvalue weighted by Gasteiger charge is 2.43. The van der Waals surface area contributed by atoms with Gasteiger partial charge in [0.1, 0.15) is 11.6 Å². The average Bonchev–Trinajstić information content (AvgIpc) is 3.57. The number of carbonyl (C=O) groups excluding carboxylic acids is 2. The van der Waals surface area contributed by atoms with Gasteiger partial charge < -0.3 is 23.7 Å². The van der Waals surface area contributed by atoms with E-state index in [4.69, 9.17) is 13.9 Å². The summed E-state index contributed by atoms with van der Waals surface area (Å²) in [5, 5.41) is 2.90. The van der Waals surface area contributed by atoms with Crippen molar-refractivity contribution in [2.24, 2.45) is 5.92 Å². The lowest BCUT2D eigenvalue weighted by atomic mass is 9.88. The summed E-state index contributed by atoms with van der Waals surface area (Å²) >= 11 is 0. The van der Waals surface area contributed by atoms with Crippen LogP contribution in [0.1, 0.15) is 29.6 Å². The van der Waals surface area contributed by atoms with E-state index >= 15 is 0 Å². The minimum atomic E-state index is -3.80. The molecule has 2 aromatic carbocycles. The fourth-order valence-electron chi connectivity index (χ4n) is 5.67. The third kappa shape index (κ3) is 6.07. The molecule has 0 aliphatic carbocycles. The monoisotopic (exact) mass is 631 g/mol. The van der Waals surface area contributed by atoms with Gasteiger partial charge in [0.15, 0.2) is 5.58 Å². The van der Waals surface area contributed by atoms with Crippen molar-refractivity contribution in [1.29, 1.82) is 0 Å². The molecule has 2 saturated heterocycles. The second-order valence-electron chi connectivity index (χ2n) is 10.6. The van der Waals surface area contributed by atoms with Crippen molar-refractivity contribution in [3.05, 3.63) is 65.9 Å². The SMILES string of the molecule is CCOC(=O)N1CCN(S(=O)(=O)c2ccc(C(=O)NC3=C(c4nc5ccccc5o4)C4CCN(C)CC4O3)cc2)CC1.Cl. The van der Waals surface area contributed by atoms with Crippen LogP contribution in [0.25, 0.3) is 16.7 Å². The van der Waals surface area contributed by atoms with Crippen molar-refractivity contribution in [3.63, 3.8) is 0 Å². The lowest BCUT2D eigenvalue weighted by Crippen LogP contribution is -2.50.